The fourth-order valence-electron chi connectivity index (χ4n) is 2.02. The monoisotopic (exact) mass is 251 g/mol. The SMILES string of the molecule is CC1CN(C)CCN1C(=O)/C=C/c1cscn1. The topological polar surface area (TPSA) is 36.4 Å². The number of rotatable bonds is 2. The van der Waals surface area contributed by atoms with E-state index in [0.717, 1.165) is 25.3 Å². The zero-order valence-electron chi connectivity index (χ0n) is 10.2. The van der Waals surface area contributed by atoms with Crippen molar-refractivity contribution in [3.63, 3.8) is 0 Å². The molecule has 0 saturated carbocycles. The molecule has 0 radical (unpaired) electrons. The molecule has 1 aromatic heterocycles. The van der Waals surface area contributed by atoms with Gasteiger partial charge in [-0.1, -0.05) is 0 Å². The molecule has 17 heavy (non-hydrogen) atoms. The van der Waals surface area contributed by atoms with Crippen LogP contribution in [0.2, 0.25) is 0 Å². The van der Waals surface area contributed by atoms with Crippen LogP contribution >= 0.6 is 11.3 Å². The molecule has 1 amide bonds. The van der Waals surface area contributed by atoms with Gasteiger partial charge >= 0.3 is 0 Å². The lowest BCUT2D eigenvalue weighted by atomic mass is 10.2. The summed E-state index contributed by atoms with van der Waals surface area (Å²) in [7, 11) is 2.09. The number of nitrogens with zero attached hydrogens (tertiary/aromatic N) is 3. The van der Waals surface area contributed by atoms with Gasteiger partial charge in [0.15, 0.2) is 0 Å². The van der Waals surface area contributed by atoms with Gasteiger partial charge in [-0.2, -0.15) is 0 Å². The maximum atomic E-state index is 12.0. The largest absolute Gasteiger partial charge is 0.334 e. The van der Waals surface area contributed by atoms with Gasteiger partial charge in [-0.15, -0.1) is 11.3 Å². The second kappa shape index (κ2) is 5.42. The van der Waals surface area contributed by atoms with Crippen LogP contribution in [0.25, 0.3) is 6.08 Å². The zero-order valence-corrected chi connectivity index (χ0v) is 11.0. The fraction of sp³-hybridized carbons (Fsp3) is 0.500. The number of hydrogen-bond acceptors (Lipinski definition) is 4. The van der Waals surface area contributed by atoms with Crippen molar-refractivity contribution in [1.82, 2.24) is 14.8 Å². The van der Waals surface area contributed by atoms with Gasteiger partial charge in [0.05, 0.1) is 11.2 Å². The highest BCUT2D eigenvalue weighted by molar-refractivity contribution is 7.07. The van der Waals surface area contributed by atoms with Crippen LogP contribution in [0.1, 0.15) is 12.6 Å². The summed E-state index contributed by atoms with van der Waals surface area (Å²) < 4.78 is 0. The van der Waals surface area contributed by atoms with Gasteiger partial charge in [0.25, 0.3) is 0 Å². The van der Waals surface area contributed by atoms with Gasteiger partial charge in [0, 0.05) is 37.1 Å². The Morgan fingerprint density at radius 2 is 2.41 bits per heavy atom. The summed E-state index contributed by atoms with van der Waals surface area (Å²) in [6.45, 7) is 4.78. The van der Waals surface area contributed by atoms with Gasteiger partial charge in [-0.05, 0) is 20.0 Å². The molecule has 1 aromatic rings. The molecule has 5 heteroatoms. The van der Waals surface area contributed by atoms with E-state index < -0.39 is 0 Å². The predicted molar refractivity (Wildman–Crippen MR) is 69.8 cm³/mol. The Balaban J connectivity index is 1.96. The number of carbonyl (C=O) groups excluding carboxylic acids is 1. The molecule has 1 aliphatic rings. The first-order chi connectivity index (χ1) is 8.16. The van der Waals surface area contributed by atoms with Crippen LogP contribution < -0.4 is 0 Å². The zero-order chi connectivity index (χ0) is 12.3. The third-order valence-corrected chi connectivity index (χ3v) is 3.57. The van der Waals surface area contributed by atoms with Crippen molar-refractivity contribution < 1.29 is 4.79 Å². The number of amides is 1. The molecule has 0 aromatic carbocycles. The van der Waals surface area contributed by atoms with Crippen molar-refractivity contribution >= 4 is 23.3 Å². The highest BCUT2D eigenvalue weighted by atomic mass is 32.1. The molecule has 92 valence electrons. The summed E-state index contributed by atoms with van der Waals surface area (Å²) in [4.78, 5) is 20.3. The Kier molecular flexibility index (Phi) is 3.91. The number of piperazine rings is 1. The quantitative estimate of drug-likeness (QED) is 0.744. The van der Waals surface area contributed by atoms with Crippen molar-refractivity contribution in [3.05, 3.63) is 22.7 Å². The van der Waals surface area contributed by atoms with Crippen LogP contribution in [0.4, 0.5) is 0 Å². The van der Waals surface area contributed by atoms with E-state index in [1.807, 2.05) is 10.3 Å². The van der Waals surface area contributed by atoms with Crippen molar-refractivity contribution in [2.75, 3.05) is 26.7 Å². The van der Waals surface area contributed by atoms with Crippen LogP contribution in [0.3, 0.4) is 0 Å². The Morgan fingerprint density at radius 3 is 3.06 bits per heavy atom. The van der Waals surface area contributed by atoms with E-state index in [-0.39, 0.29) is 11.9 Å². The summed E-state index contributed by atoms with van der Waals surface area (Å²) in [5.74, 6) is 0.0820. The summed E-state index contributed by atoms with van der Waals surface area (Å²) in [6, 6.07) is 0.279. The first kappa shape index (κ1) is 12.3. The lowest BCUT2D eigenvalue weighted by molar-refractivity contribution is -0.130. The molecule has 0 spiro atoms. The molecular formula is C12H17N3OS. The maximum Gasteiger partial charge on any atom is 0.246 e. The minimum absolute atomic E-state index is 0.0820. The Morgan fingerprint density at radius 1 is 1.59 bits per heavy atom. The first-order valence-electron chi connectivity index (χ1n) is 5.72. The number of likely N-dealkylation sites (N-methyl/N-ethyl adjacent to an activating group) is 1. The molecule has 1 unspecified atom stereocenters. The minimum atomic E-state index is 0.0820. The minimum Gasteiger partial charge on any atom is -0.334 e. The molecule has 2 rings (SSSR count). The second-order valence-corrected chi connectivity index (χ2v) is 5.11. The van der Waals surface area contributed by atoms with E-state index in [9.17, 15) is 4.79 Å². The summed E-state index contributed by atoms with van der Waals surface area (Å²) >= 11 is 1.53. The third-order valence-electron chi connectivity index (χ3n) is 2.96. The maximum absolute atomic E-state index is 12.0. The van der Waals surface area contributed by atoms with Crippen LogP contribution in [-0.2, 0) is 4.79 Å². The van der Waals surface area contributed by atoms with E-state index in [1.54, 1.807) is 17.7 Å². The van der Waals surface area contributed by atoms with E-state index in [1.165, 1.54) is 11.3 Å². The van der Waals surface area contributed by atoms with Gasteiger partial charge in [0.2, 0.25) is 5.91 Å². The fourth-order valence-corrected chi connectivity index (χ4v) is 2.55. The number of thiazole rings is 1. The third kappa shape index (κ3) is 3.14. The smallest absolute Gasteiger partial charge is 0.246 e. The number of aromatic nitrogens is 1. The van der Waals surface area contributed by atoms with Crippen molar-refractivity contribution in [2.45, 2.75) is 13.0 Å². The molecule has 2 heterocycles. The summed E-state index contributed by atoms with van der Waals surface area (Å²) in [5, 5.41) is 1.93. The van der Waals surface area contributed by atoms with E-state index in [4.69, 9.17) is 0 Å². The van der Waals surface area contributed by atoms with Crippen molar-refractivity contribution in [2.24, 2.45) is 0 Å². The van der Waals surface area contributed by atoms with E-state index in [2.05, 4.69) is 23.9 Å². The average Bonchev–Trinajstić information content (AvgIpc) is 2.78. The summed E-state index contributed by atoms with van der Waals surface area (Å²) in [5.41, 5.74) is 2.62. The van der Waals surface area contributed by atoms with Crippen molar-refractivity contribution in [3.8, 4) is 0 Å². The Bertz CT molecular complexity index is 402. The van der Waals surface area contributed by atoms with E-state index in [0.29, 0.717) is 0 Å². The van der Waals surface area contributed by atoms with Crippen LogP contribution in [0.5, 0.6) is 0 Å². The predicted octanol–water partition coefficient (Wildman–Crippen LogP) is 1.32. The van der Waals surface area contributed by atoms with Crippen LogP contribution in [0, 0.1) is 0 Å². The molecular weight excluding hydrogens is 234 g/mol. The highest BCUT2D eigenvalue weighted by Gasteiger charge is 2.23. The Labute approximate surface area is 106 Å². The lowest BCUT2D eigenvalue weighted by Gasteiger charge is -2.37. The first-order valence-corrected chi connectivity index (χ1v) is 6.66. The van der Waals surface area contributed by atoms with Crippen molar-refractivity contribution in [1.29, 1.82) is 0 Å². The van der Waals surface area contributed by atoms with Gasteiger partial charge in [-0.25, -0.2) is 4.98 Å². The molecule has 0 bridgehead atoms. The molecule has 0 N–H and O–H groups in total. The van der Waals surface area contributed by atoms with E-state index >= 15 is 0 Å². The molecule has 1 atom stereocenters. The van der Waals surface area contributed by atoms with Gasteiger partial charge in [0.1, 0.15) is 0 Å². The highest BCUT2D eigenvalue weighted by Crippen LogP contribution is 2.10. The summed E-state index contributed by atoms with van der Waals surface area (Å²) in [6.07, 6.45) is 3.40. The number of hydrogen-bond donors (Lipinski definition) is 0. The molecule has 0 aliphatic carbocycles. The number of carbonyl (C=O) groups is 1. The van der Waals surface area contributed by atoms with Crippen LogP contribution in [-0.4, -0.2) is 53.4 Å². The van der Waals surface area contributed by atoms with Crippen LogP contribution in [0.15, 0.2) is 17.0 Å². The molecule has 1 aliphatic heterocycles. The Hall–Kier alpha value is -1.20. The second-order valence-electron chi connectivity index (χ2n) is 4.39. The standard InChI is InChI=1S/C12H17N3OS/c1-10-7-14(2)5-6-15(10)12(16)4-3-11-8-17-9-13-11/h3-4,8-10H,5-7H2,1-2H3/b4-3+. The van der Waals surface area contributed by atoms with Gasteiger partial charge in [-0.3, -0.25) is 4.79 Å². The molecule has 1 fully saturated rings. The molecule has 1 saturated heterocycles. The molecule has 4 nitrogen and oxygen atoms in total. The van der Waals surface area contributed by atoms with Gasteiger partial charge < -0.3 is 9.80 Å². The average molecular weight is 251 g/mol. The lowest BCUT2D eigenvalue weighted by Crippen LogP contribution is -2.52. The normalized spacial score (nSPS) is 22.2.